The summed E-state index contributed by atoms with van der Waals surface area (Å²) in [5, 5.41) is 4.20. The number of benzene rings is 2. The summed E-state index contributed by atoms with van der Waals surface area (Å²) in [5.41, 5.74) is 1.30. The number of nitrogens with zero attached hydrogens (tertiary/aromatic N) is 2. The van der Waals surface area contributed by atoms with Crippen molar-refractivity contribution < 1.29 is 23.9 Å². The lowest BCUT2D eigenvalue weighted by Crippen LogP contribution is -2.42. The fourth-order valence-corrected chi connectivity index (χ4v) is 4.77. The van der Waals surface area contributed by atoms with Crippen molar-refractivity contribution in [3.05, 3.63) is 66.2 Å². The molecule has 1 unspecified atom stereocenters. The van der Waals surface area contributed by atoms with Crippen molar-refractivity contribution in [2.45, 2.75) is 25.7 Å². The van der Waals surface area contributed by atoms with Crippen LogP contribution >= 0.6 is 0 Å². The van der Waals surface area contributed by atoms with E-state index >= 15 is 0 Å². The van der Waals surface area contributed by atoms with Crippen LogP contribution in [0, 0.1) is 0 Å². The van der Waals surface area contributed by atoms with Gasteiger partial charge in [-0.3, -0.25) is 9.59 Å². The van der Waals surface area contributed by atoms with Crippen molar-refractivity contribution in [1.29, 1.82) is 0 Å². The first-order chi connectivity index (χ1) is 16.5. The maximum atomic E-state index is 13.5. The summed E-state index contributed by atoms with van der Waals surface area (Å²) in [4.78, 5) is 39.7. The third-order valence-electron chi connectivity index (χ3n) is 5.66. The van der Waals surface area contributed by atoms with Crippen LogP contribution in [-0.2, 0) is 19.1 Å². The van der Waals surface area contributed by atoms with Crippen molar-refractivity contribution in [3.63, 3.8) is 0 Å². The molecule has 182 valence electrons. The van der Waals surface area contributed by atoms with Gasteiger partial charge in [-0.1, -0.05) is 53.8 Å². The number of nitrogens with one attached hydrogen (secondary N) is 1. The van der Waals surface area contributed by atoms with Gasteiger partial charge in [0.25, 0.3) is 5.91 Å². The Labute approximate surface area is 206 Å². The normalized spacial score (nSPS) is 13.4. The number of esters is 1. The van der Waals surface area contributed by atoms with Crippen LogP contribution in [-0.4, -0.2) is 63.4 Å². The number of amides is 2. The van der Waals surface area contributed by atoms with Gasteiger partial charge in [0.2, 0.25) is 0 Å². The van der Waals surface area contributed by atoms with E-state index in [1.54, 1.807) is 31.4 Å². The van der Waals surface area contributed by atoms with Crippen LogP contribution in [0.4, 0.5) is 5.69 Å². The summed E-state index contributed by atoms with van der Waals surface area (Å²) in [7, 11) is 2.84. The van der Waals surface area contributed by atoms with Crippen LogP contribution in [0.2, 0.25) is 19.6 Å². The summed E-state index contributed by atoms with van der Waals surface area (Å²) in [6.07, 6.45) is 2.85. The second kappa shape index (κ2) is 10.5. The first kappa shape index (κ1) is 25.7. The van der Waals surface area contributed by atoms with Gasteiger partial charge in [-0.25, -0.2) is 4.79 Å². The zero-order valence-corrected chi connectivity index (χ0v) is 21.8. The van der Waals surface area contributed by atoms with Gasteiger partial charge in [-0.2, -0.15) is 0 Å². The van der Waals surface area contributed by atoms with E-state index in [1.165, 1.54) is 36.4 Å². The van der Waals surface area contributed by atoms with Gasteiger partial charge >= 0.3 is 23.3 Å². The number of ether oxygens (including phenoxy) is 2. The highest BCUT2D eigenvalue weighted by atomic mass is 28.3. The first-order valence-electron chi connectivity index (χ1n) is 11.1. The Bertz CT molecular complexity index is 1220. The topological polar surface area (TPSA) is 99.0 Å². The average Bonchev–Trinajstić information content (AvgIpc) is 3.33. The number of anilines is 1. The number of likely N-dealkylation sites (N-methyl/N-ethyl adjacent to an activating group) is 1. The van der Waals surface area contributed by atoms with Gasteiger partial charge in [-0.15, -0.1) is 0 Å². The highest BCUT2D eigenvalue weighted by molar-refractivity contribution is 6.88. The Morgan fingerprint density at radius 3 is 2.06 bits per heavy atom. The van der Waals surface area contributed by atoms with Crippen LogP contribution in [0.3, 0.4) is 0 Å². The first-order valence-corrected chi connectivity index (χ1v) is 14.6. The van der Waals surface area contributed by atoms with Gasteiger partial charge in [-0.05, 0) is 29.8 Å². The molecule has 1 N–H and O–H groups in total. The zero-order chi connectivity index (χ0) is 25.8. The minimum atomic E-state index is -1.48. The zero-order valence-electron chi connectivity index (χ0n) is 20.8. The molecule has 0 fully saturated rings. The van der Waals surface area contributed by atoms with Crippen LogP contribution in [0.15, 0.2) is 60.7 Å². The van der Waals surface area contributed by atoms with Gasteiger partial charge < -0.3 is 19.7 Å². The lowest BCUT2D eigenvalue weighted by molar-refractivity contribution is -0.132. The molecule has 35 heavy (non-hydrogen) atoms. The van der Waals surface area contributed by atoms with Crippen LogP contribution in [0.5, 0.6) is 5.75 Å². The van der Waals surface area contributed by atoms with E-state index in [-0.39, 0.29) is 17.3 Å². The van der Waals surface area contributed by atoms with Crippen molar-refractivity contribution in [2.75, 3.05) is 26.6 Å². The molecule has 1 aliphatic heterocycles. The summed E-state index contributed by atoms with van der Waals surface area (Å²) in [6, 6.07) is 13.8. The van der Waals surface area contributed by atoms with E-state index in [0.29, 0.717) is 17.0 Å². The molecular formula is C26H30N3O5Si+. The standard InChI is InChI=1S/C26H29N3O5Si/c1-29(25(31)21-15-16-22(28-21)26(32)34-3)23(17-7-11-19(33-2)12-8-17)24(30)27-18-9-13-20(14-10-18)35(4,5)6/h7-16,23H,1-6H3/p+1. The lowest BCUT2D eigenvalue weighted by atomic mass is 10.0. The molecular weight excluding hydrogens is 462 g/mol. The lowest BCUT2D eigenvalue weighted by Gasteiger charge is -2.26. The summed E-state index contributed by atoms with van der Waals surface area (Å²) in [6.45, 7) is 6.76. The molecule has 1 aliphatic rings. The van der Waals surface area contributed by atoms with Crippen LogP contribution < -0.4 is 19.9 Å². The van der Waals surface area contributed by atoms with Gasteiger partial charge in [0, 0.05) is 24.9 Å². The van der Waals surface area contributed by atoms with Crippen LogP contribution in [0.25, 0.3) is 0 Å². The average molecular weight is 493 g/mol. The highest BCUT2D eigenvalue weighted by Crippen LogP contribution is 2.25. The van der Waals surface area contributed by atoms with Gasteiger partial charge in [0.1, 0.15) is 11.8 Å². The molecule has 9 heteroatoms. The monoisotopic (exact) mass is 492 g/mol. The minimum Gasteiger partial charge on any atom is -0.497 e. The largest absolute Gasteiger partial charge is 0.497 e. The molecule has 1 atom stereocenters. The molecule has 2 aromatic carbocycles. The maximum absolute atomic E-state index is 13.5. The highest BCUT2D eigenvalue weighted by Gasteiger charge is 2.37. The molecule has 2 aromatic rings. The Hall–Kier alpha value is -3.94. The minimum absolute atomic E-state index is 0.0252. The molecule has 0 radical (unpaired) electrons. The summed E-state index contributed by atoms with van der Waals surface area (Å²) < 4.78 is 14.0. The third-order valence-corrected chi connectivity index (χ3v) is 7.73. The maximum Gasteiger partial charge on any atom is 0.422 e. The van der Waals surface area contributed by atoms with E-state index in [1.807, 2.05) is 24.3 Å². The van der Waals surface area contributed by atoms with E-state index in [2.05, 4.69) is 34.4 Å². The second-order valence-electron chi connectivity index (χ2n) is 9.12. The number of carbonyl (C=O) groups excluding carboxylic acids is 3. The van der Waals surface area contributed by atoms with Crippen LogP contribution in [0.1, 0.15) is 11.6 Å². The number of rotatable bonds is 8. The molecule has 0 aliphatic carbocycles. The van der Waals surface area contributed by atoms with Crippen molar-refractivity contribution in [3.8, 4) is 5.75 Å². The Balaban J connectivity index is 1.92. The molecule has 2 amide bonds. The Morgan fingerprint density at radius 2 is 1.51 bits per heavy atom. The van der Waals surface area contributed by atoms with E-state index in [4.69, 9.17) is 4.74 Å². The SMILES string of the molecule is COC(=O)C1=[N+]=C(C(=O)N(C)C(C(=O)Nc2ccc([Si](C)(C)C)cc2)c2ccc(OC)cc2)C=C1. The van der Waals surface area contributed by atoms with Gasteiger partial charge in [0.15, 0.2) is 0 Å². The van der Waals surface area contributed by atoms with E-state index in [9.17, 15) is 14.4 Å². The molecule has 3 rings (SSSR count). The van der Waals surface area contributed by atoms with Crippen molar-refractivity contribution in [2.24, 2.45) is 0 Å². The number of hydrogen-bond acceptors (Lipinski definition) is 5. The van der Waals surface area contributed by atoms with E-state index in [0.717, 1.165) is 0 Å². The van der Waals surface area contributed by atoms with Gasteiger partial charge in [0.05, 0.1) is 22.3 Å². The third kappa shape index (κ3) is 5.95. The number of hydrogen-bond donors (Lipinski definition) is 1. The fraction of sp³-hybridized carbons (Fsp3) is 0.269. The second-order valence-corrected chi connectivity index (χ2v) is 14.2. The Kier molecular flexibility index (Phi) is 7.74. The molecule has 1 heterocycles. The van der Waals surface area contributed by atoms with Crippen molar-refractivity contribution in [1.82, 2.24) is 9.57 Å². The quantitative estimate of drug-likeness (QED) is 0.346. The molecule has 0 bridgehead atoms. The smallest absolute Gasteiger partial charge is 0.422 e. The number of carbonyl (C=O) groups is 3. The molecule has 0 saturated heterocycles. The molecule has 0 saturated carbocycles. The summed E-state index contributed by atoms with van der Waals surface area (Å²) in [5.74, 6) is -0.904. The van der Waals surface area contributed by atoms with Crippen molar-refractivity contribution >= 4 is 48.2 Å². The molecule has 0 aromatic heterocycles. The number of methoxy groups -OCH3 is 2. The Morgan fingerprint density at radius 1 is 0.914 bits per heavy atom. The van der Waals surface area contributed by atoms with E-state index < -0.39 is 26.0 Å². The fourth-order valence-electron chi connectivity index (χ4n) is 3.60. The predicted molar refractivity (Wildman–Crippen MR) is 140 cm³/mol. The molecule has 0 spiro atoms. The predicted octanol–water partition coefficient (Wildman–Crippen LogP) is 2.07. The molecule has 8 nitrogen and oxygen atoms in total. The summed E-state index contributed by atoms with van der Waals surface area (Å²) >= 11 is 0.